The standard InChI is InChI=1S/C17H21O4PS/c1-3-20-22(19,21-4-2)13-14-5-9-16(10-6-14)23-17-11-7-15(18)8-12-17/h5-12,18H,3-4,13H2,1-2H3. The smallest absolute Gasteiger partial charge is 0.335 e. The third kappa shape index (κ3) is 5.70. The molecule has 1 N–H and O–H groups in total. The summed E-state index contributed by atoms with van der Waals surface area (Å²) in [6.45, 7) is 4.35. The first-order chi connectivity index (χ1) is 11.0. The van der Waals surface area contributed by atoms with Gasteiger partial charge < -0.3 is 14.2 Å². The molecule has 0 radical (unpaired) electrons. The van der Waals surface area contributed by atoms with E-state index in [4.69, 9.17) is 9.05 Å². The van der Waals surface area contributed by atoms with Gasteiger partial charge in [0.2, 0.25) is 0 Å². The highest BCUT2D eigenvalue weighted by Gasteiger charge is 2.23. The Balaban J connectivity index is 2.03. The molecule has 0 heterocycles. The van der Waals surface area contributed by atoms with Crippen molar-refractivity contribution in [2.45, 2.75) is 29.8 Å². The van der Waals surface area contributed by atoms with Gasteiger partial charge >= 0.3 is 7.60 Å². The van der Waals surface area contributed by atoms with Crippen LogP contribution in [-0.4, -0.2) is 18.3 Å². The van der Waals surface area contributed by atoms with Crippen LogP contribution in [0.25, 0.3) is 0 Å². The summed E-state index contributed by atoms with van der Waals surface area (Å²) in [6.07, 6.45) is 0.277. The molecule has 0 fully saturated rings. The van der Waals surface area contributed by atoms with Crippen LogP contribution in [0.2, 0.25) is 0 Å². The first kappa shape index (κ1) is 18.1. The van der Waals surface area contributed by atoms with Crippen LogP contribution in [0, 0.1) is 0 Å². The van der Waals surface area contributed by atoms with E-state index in [0.29, 0.717) is 13.2 Å². The van der Waals surface area contributed by atoms with E-state index in [-0.39, 0.29) is 11.9 Å². The molecule has 0 saturated carbocycles. The highest BCUT2D eigenvalue weighted by atomic mass is 32.2. The van der Waals surface area contributed by atoms with Crippen LogP contribution < -0.4 is 0 Å². The summed E-state index contributed by atoms with van der Waals surface area (Å²) < 4.78 is 23.1. The molecule has 0 aliphatic carbocycles. The lowest BCUT2D eigenvalue weighted by Gasteiger charge is -2.17. The summed E-state index contributed by atoms with van der Waals surface area (Å²) in [7, 11) is -3.06. The van der Waals surface area contributed by atoms with Crippen LogP contribution in [-0.2, 0) is 19.8 Å². The number of hydrogen-bond acceptors (Lipinski definition) is 5. The van der Waals surface area contributed by atoms with E-state index in [9.17, 15) is 9.67 Å². The maximum Gasteiger partial charge on any atom is 0.335 e. The second-order valence-corrected chi connectivity index (χ2v) is 8.05. The normalized spacial score (nSPS) is 11.6. The SMILES string of the molecule is CCOP(=O)(Cc1ccc(Sc2ccc(O)cc2)cc1)OCC. The minimum absolute atomic E-state index is 0.257. The van der Waals surface area contributed by atoms with E-state index in [2.05, 4.69) is 0 Å². The van der Waals surface area contributed by atoms with Gasteiger partial charge in [-0.15, -0.1) is 0 Å². The van der Waals surface area contributed by atoms with E-state index in [0.717, 1.165) is 15.4 Å². The van der Waals surface area contributed by atoms with Gasteiger partial charge in [-0.2, -0.15) is 0 Å². The van der Waals surface area contributed by atoms with Gasteiger partial charge in [-0.1, -0.05) is 23.9 Å². The zero-order chi connectivity index (χ0) is 16.7. The van der Waals surface area contributed by atoms with E-state index in [1.54, 1.807) is 23.9 Å². The number of rotatable bonds is 8. The van der Waals surface area contributed by atoms with Crippen molar-refractivity contribution in [3.63, 3.8) is 0 Å². The molecule has 2 aromatic rings. The zero-order valence-electron chi connectivity index (χ0n) is 13.3. The lowest BCUT2D eigenvalue weighted by atomic mass is 10.2. The number of hydrogen-bond donors (Lipinski definition) is 1. The highest BCUT2D eigenvalue weighted by Crippen LogP contribution is 2.51. The van der Waals surface area contributed by atoms with Crippen LogP contribution in [0.3, 0.4) is 0 Å². The third-order valence-corrected chi connectivity index (χ3v) is 6.09. The summed E-state index contributed by atoms with van der Waals surface area (Å²) in [5, 5.41) is 9.30. The van der Waals surface area contributed by atoms with Crippen molar-refractivity contribution >= 4 is 19.4 Å². The maximum atomic E-state index is 12.5. The van der Waals surface area contributed by atoms with Gasteiger partial charge in [0.25, 0.3) is 0 Å². The molecule has 2 rings (SSSR count). The Kier molecular flexibility index (Phi) is 6.72. The monoisotopic (exact) mass is 352 g/mol. The van der Waals surface area contributed by atoms with Crippen LogP contribution in [0.15, 0.2) is 58.3 Å². The van der Waals surface area contributed by atoms with Crippen molar-refractivity contribution in [2.75, 3.05) is 13.2 Å². The summed E-state index contributed by atoms with van der Waals surface area (Å²) in [6, 6.07) is 14.9. The first-order valence-electron chi connectivity index (χ1n) is 7.48. The van der Waals surface area contributed by atoms with Crippen LogP contribution in [0.1, 0.15) is 19.4 Å². The van der Waals surface area contributed by atoms with Crippen molar-refractivity contribution < 1.29 is 18.7 Å². The minimum Gasteiger partial charge on any atom is -0.508 e. The van der Waals surface area contributed by atoms with Gasteiger partial charge in [0.1, 0.15) is 5.75 Å². The van der Waals surface area contributed by atoms with Crippen LogP contribution in [0.4, 0.5) is 0 Å². The summed E-state index contributed by atoms with van der Waals surface area (Å²) in [5.74, 6) is 0.257. The molecule has 0 atom stereocenters. The molecule has 0 spiro atoms. The van der Waals surface area contributed by atoms with Crippen molar-refractivity contribution in [2.24, 2.45) is 0 Å². The number of aromatic hydroxyl groups is 1. The zero-order valence-corrected chi connectivity index (χ0v) is 15.0. The quantitative estimate of drug-likeness (QED) is 0.653. The molecule has 4 nitrogen and oxygen atoms in total. The van der Waals surface area contributed by atoms with Gasteiger partial charge in [0.15, 0.2) is 0 Å². The molecule has 23 heavy (non-hydrogen) atoms. The molecule has 0 unspecified atom stereocenters. The predicted octanol–water partition coefficient (Wildman–Crippen LogP) is 5.31. The van der Waals surface area contributed by atoms with E-state index < -0.39 is 7.60 Å². The number of phenols is 1. The molecule has 2 aromatic carbocycles. The fourth-order valence-corrected chi connectivity index (χ4v) is 4.58. The Morgan fingerprint density at radius 2 is 1.39 bits per heavy atom. The first-order valence-corrected chi connectivity index (χ1v) is 10.0. The Labute approximate surface area is 141 Å². The van der Waals surface area contributed by atoms with Crippen molar-refractivity contribution in [3.8, 4) is 5.75 Å². The van der Waals surface area contributed by atoms with Gasteiger partial charge in [-0.05, 0) is 55.8 Å². The topological polar surface area (TPSA) is 55.8 Å². The second kappa shape index (κ2) is 8.55. The van der Waals surface area contributed by atoms with Gasteiger partial charge in [-0.25, -0.2) is 0 Å². The Morgan fingerprint density at radius 3 is 1.87 bits per heavy atom. The van der Waals surface area contributed by atoms with Crippen LogP contribution >= 0.6 is 19.4 Å². The molecule has 124 valence electrons. The largest absolute Gasteiger partial charge is 0.508 e. The molecule has 0 amide bonds. The molecule has 6 heteroatoms. The lowest BCUT2D eigenvalue weighted by molar-refractivity contribution is 0.219. The molecule has 0 aliphatic heterocycles. The van der Waals surface area contributed by atoms with Gasteiger partial charge in [-0.3, -0.25) is 4.57 Å². The van der Waals surface area contributed by atoms with Gasteiger partial charge in [0, 0.05) is 9.79 Å². The summed E-state index contributed by atoms with van der Waals surface area (Å²) in [4.78, 5) is 2.12. The molecular formula is C17H21O4PS. The summed E-state index contributed by atoms with van der Waals surface area (Å²) >= 11 is 1.60. The fraction of sp³-hybridized carbons (Fsp3) is 0.294. The molecule has 0 aromatic heterocycles. The molecule has 0 bridgehead atoms. The lowest BCUT2D eigenvalue weighted by Crippen LogP contribution is -1.99. The Hall–Kier alpha value is -1.26. The average molecular weight is 352 g/mol. The fourth-order valence-electron chi connectivity index (χ4n) is 2.06. The average Bonchev–Trinajstić information content (AvgIpc) is 2.52. The van der Waals surface area contributed by atoms with Crippen LogP contribution in [0.5, 0.6) is 5.75 Å². The minimum atomic E-state index is -3.06. The van der Waals surface area contributed by atoms with Crippen molar-refractivity contribution in [3.05, 3.63) is 54.1 Å². The Bertz CT molecular complexity index is 645. The summed E-state index contributed by atoms with van der Waals surface area (Å²) in [5.41, 5.74) is 0.922. The Morgan fingerprint density at radius 1 is 0.913 bits per heavy atom. The highest BCUT2D eigenvalue weighted by molar-refractivity contribution is 7.99. The molecule has 0 aliphatic rings. The molecular weight excluding hydrogens is 331 g/mol. The van der Waals surface area contributed by atoms with Gasteiger partial charge in [0.05, 0.1) is 19.4 Å². The van der Waals surface area contributed by atoms with Crippen molar-refractivity contribution in [1.82, 2.24) is 0 Å². The third-order valence-electron chi connectivity index (χ3n) is 3.02. The second-order valence-electron chi connectivity index (χ2n) is 4.84. The predicted molar refractivity (Wildman–Crippen MR) is 93.2 cm³/mol. The molecule has 0 saturated heterocycles. The number of benzene rings is 2. The van der Waals surface area contributed by atoms with Crippen molar-refractivity contribution in [1.29, 1.82) is 0 Å². The van der Waals surface area contributed by atoms with E-state index >= 15 is 0 Å². The number of phenolic OH excluding ortho intramolecular Hbond substituents is 1. The van der Waals surface area contributed by atoms with E-state index in [1.807, 2.05) is 50.2 Å². The van der Waals surface area contributed by atoms with E-state index in [1.165, 1.54) is 0 Å². The maximum absolute atomic E-state index is 12.5.